The highest BCUT2D eigenvalue weighted by atomic mass is 35.5. The Balaban J connectivity index is 1.69. The van der Waals surface area contributed by atoms with Gasteiger partial charge in [0.05, 0.1) is 22.5 Å². The van der Waals surface area contributed by atoms with Crippen molar-refractivity contribution in [1.82, 2.24) is 4.57 Å². The Morgan fingerprint density at radius 3 is 2.58 bits per heavy atom. The third kappa shape index (κ3) is 3.51. The van der Waals surface area contributed by atoms with Gasteiger partial charge in [-0.2, -0.15) is 0 Å². The van der Waals surface area contributed by atoms with Crippen LogP contribution in [0.25, 0.3) is 10.9 Å². The molecule has 24 heavy (non-hydrogen) atoms. The summed E-state index contributed by atoms with van der Waals surface area (Å²) >= 11 is 6.16. The number of nitrogens with zero attached hydrogens (tertiary/aromatic N) is 1. The first-order valence-electron chi connectivity index (χ1n) is 7.67. The first-order valence-corrected chi connectivity index (χ1v) is 8.04. The molecule has 0 radical (unpaired) electrons. The molecule has 5 nitrogen and oxygen atoms in total. The molecule has 0 aliphatic carbocycles. The van der Waals surface area contributed by atoms with Gasteiger partial charge in [0.1, 0.15) is 5.75 Å². The van der Waals surface area contributed by atoms with Crippen LogP contribution in [0.4, 0.5) is 0 Å². The molecule has 0 aliphatic heterocycles. The monoisotopic (exact) mass is 345 g/mol. The third-order valence-corrected chi connectivity index (χ3v) is 3.97. The van der Waals surface area contributed by atoms with Gasteiger partial charge in [-0.25, -0.2) is 9.59 Å². The van der Waals surface area contributed by atoms with Crippen molar-refractivity contribution in [3.8, 4) is 5.75 Å². The van der Waals surface area contributed by atoms with Gasteiger partial charge in [0, 0.05) is 6.54 Å². The van der Waals surface area contributed by atoms with Crippen molar-refractivity contribution >= 4 is 22.5 Å². The molecule has 6 heteroatoms. The predicted molar refractivity (Wildman–Crippen MR) is 92.9 cm³/mol. The number of unbranched alkanes of at least 4 members (excludes halogenated alkanes) is 1. The smallest absolute Gasteiger partial charge is 0.422 e. The van der Waals surface area contributed by atoms with Gasteiger partial charge in [-0.05, 0) is 37.1 Å². The van der Waals surface area contributed by atoms with E-state index in [-0.39, 0.29) is 0 Å². The normalized spacial score (nSPS) is 10.9. The summed E-state index contributed by atoms with van der Waals surface area (Å²) in [6.07, 6.45) is 1.45. The summed E-state index contributed by atoms with van der Waals surface area (Å²) in [7, 11) is 0. The number of halogens is 1. The molecule has 0 saturated heterocycles. The van der Waals surface area contributed by atoms with E-state index in [1.807, 2.05) is 30.3 Å². The average molecular weight is 346 g/mol. The number of fused-ring (bicyclic) bond motifs is 1. The first-order chi connectivity index (χ1) is 11.7. The first kappa shape index (κ1) is 16.3. The van der Waals surface area contributed by atoms with E-state index in [1.165, 1.54) is 4.57 Å². The molecule has 0 unspecified atom stereocenters. The van der Waals surface area contributed by atoms with E-state index in [0.717, 1.165) is 12.2 Å². The minimum atomic E-state index is -0.690. The van der Waals surface area contributed by atoms with Gasteiger partial charge in [0.2, 0.25) is 0 Å². The Kier molecular flexibility index (Phi) is 5.01. The summed E-state index contributed by atoms with van der Waals surface area (Å²) in [5.41, 5.74) is -0.245. The van der Waals surface area contributed by atoms with Gasteiger partial charge in [-0.1, -0.05) is 35.9 Å². The van der Waals surface area contributed by atoms with Crippen LogP contribution in [0.5, 0.6) is 5.75 Å². The molecule has 0 amide bonds. The lowest BCUT2D eigenvalue weighted by Gasteiger charge is -2.10. The molecule has 0 spiro atoms. The summed E-state index contributed by atoms with van der Waals surface area (Å²) in [5, 5.41) is 0.667. The van der Waals surface area contributed by atoms with E-state index < -0.39 is 11.4 Å². The van der Waals surface area contributed by atoms with Crippen molar-refractivity contribution in [1.29, 1.82) is 0 Å². The zero-order valence-electron chi connectivity index (χ0n) is 12.9. The molecule has 3 aromatic rings. The maximum Gasteiger partial charge on any atom is 0.422 e. The highest BCUT2D eigenvalue weighted by Crippen LogP contribution is 2.20. The lowest BCUT2D eigenvalue weighted by atomic mass is 10.2. The molecule has 124 valence electrons. The minimum absolute atomic E-state index is 0.308. The second kappa shape index (κ2) is 7.36. The summed E-state index contributed by atoms with van der Waals surface area (Å²) < 4.78 is 11.8. The largest absolute Gasteiger partial charge is 0.494 e. The molecule has 1 heterocycles. The fourth-order valence-corrected chi connectivity index (χ4v) is 2.79. The van der Waals surface area contributed by atoms with Crippen molar-refractivity contribution in [2.45, 2.75) is 19.4 Å². The van der Waals surface area contributed by atoms with Crippen molar-refractivity contribution in [2.75, 3.05) is 6.61 Å². The molecule has 0 atom stereocenters. The van der Waals surface area contributed by atoms with E-state index in [0.29, 0.717) is 35.5 Å². The van der Waals surface area contributed by atoms with Gasteiger partial charge in [-0.15, -0.1) is 0 Å². The maximum atomic E-state index is 12.0. The molecule has 0 N–H and O–H groups in total. The summed E-state index contributed by atoms with van der Waals surface area (Å²) in [6, 6.07) is 14.4. The quantitative estimate of drug-likeness (QED) is 0.642. The molecule has 0 saturated carbocycles. The van der Waals surface area contributed by atoms with Gasteiger partial charge >= 0.3 is 11.4 Å². The van der Waals surface area contributed by atoms with Crippen LogP contribution >= 0.6 is 11.6 Å². The second-order valence-corrected chi connectivity index (χ2v) is 5.72. The number of para-hydroxylation sites is 2. The van der Waals surface area contributed by atoms with E-state index in [4.69, 9.17) is 20.8 Å². The van der Waals surface area contributed by atoms with Crippen molar-refractivity contribution in [3.05, 3.63) is 74.5 Å². The Morgan fingerprint density at radius 2 is 1.79 bits per heavy atom. The molecular formula is C18H16ClNO4. The Bertz CT molecular complexity index is 947. The topological polar surface area (TPSA) is 61.4 Å². The number of hydrogen-bond acceptors (Lipinski definition) is 4. The average Bonchev–Trinajstić information content (AvgIpc) is 2.58. The SMILES string of the molecule is O=c1oc(=O)n(CCCCOc2ccccc2)c2c(Cl)cccc12. The number of aromatic nitrogens is 1. The van der Waals surface area contributed by atoms with Crippen LogP contribution in [0.3, 0.4) is 0 Å². The standard InChI is InChI=1S/C18H16ClNO4/c19-15-10-6-9-14-16(15)20(18(22)24-17(14)21)11-4-5-12-23-13-7-2-1-3-8-13/h1-3,6-10H,4-5,11-12H2. The number of hydrogen-bond donors (Lipinski definition) is 0. The maximum absolute atomic E-state index is 12.0. The third-order valence-electron chi connectivity index (χ3n) is 3.67. The van der Waals surface area contributed by atoms with Gasteiger partial charge < -0.3 is 9.15 Å². The Morgan fingerprint density at radius 1 is 1.00 bits per heavy atom. The Labute approximate surface area is 143 Å². The van der Waals surface area contributed by atoms with Crippen molar-refractivity contribution in [2.24, 2.45) is 0 Å². The number of rotatable bonds is 6. The lowest BCUT2D eigenvalue weighted by Crippen LogP contribution is -2.25. The molecule has 2 aromatic carbocycles. The molecule has 0 bridgehead atoms. The van der Waals surface area contributed by atoms with E-state index in [2.05, 4.69) is 0 Å². The van der Waals surface area contributed by atoms with Gasteiger partial charge in [0.15, 0.2) is 0 Å². The number of aryl methyl sites for hydroxylation is 1. The van der Waals surface area contributed by atoms with Crippen LogP contribution in [-0.4, -0.2) is 11.2 Å². The van der Waals surface area contributed by atoms with Crippen LogP contribution in [0.2, 0.25) is 5.02 Å². The lowest BCUT2D eigenvalue weighted by molar-refractivity contribution is 0.301. The van der Waals surface area contributed by atoms with Gasteiger partial charge in [0.25, 0.3) is 0 Å². The van der Waals surface area contributed by atoms with E-state index in [1.54, 1.807) is 18.2 Å². The zero-order chi connectivity index (χ0) is 16.9. The van der Waals surface area contributed by atoms with Crippen LogP contribution in [-0.2, 0) is 6.54 Å². The van der Waals surface area contributed by atoms with Crippen LogP contribution in [0.1, 0.15) is 12.8 Å². The van der Waals surface area contributed by atoms with E-state index >= 15 is 0 Å². The van der Waals surface area contributed by atoms with Crippen LogP contribution in [0.15, 0.2) is 62.5 Å². The summed E-state index contributed by atoms with van der Waals surface area (Å²) in [4.78, 5) is 23.8. The van der Waals surface area contributed by atoms with Crippen molar-refractivity contribution in [3.63, 3.8) is 0 Å². The van der Waals surface area contributed by atoms with Crippen LogP contribution in [0, 0.1) is 0 Å². The summed E-state index contributed by atoms with van der Waals surface area (Å²) in [5.74, 6) is 0.124. The second-order valence-electron chi connectivity index (χ2n) is 5.31. The molecule has 1 aromatic heterocycles. The minimum Gasteiger partial charge on any atom is -0.494 e. The zero-order valence-corrected chi connectivity index (χ0v) is 13.7. The van der Waals surface area contributed by atoms with Crippen molar-refractivity contribution < 1.29 is 9.15 Å². The highest BCUT2D eigenvalue weighted by Gasteiger charge is 2.11. The van der Waals surface area contributed by atoms with E-state index in [9.17, 15) is 9.59 Å². The Hall–Kier alpha value is -2.53. The fraction of sp³-hybridized carbons (Fsp3) is 0.222. The molecule has 3 rings (SSSR count). The fourth-order valence-electron chi connectivity index (χ4n) is 2.52. The van der Waals surface area contributed by atoms with Gasteiger partial charge in [-0.3, -0.25) is 4.57 Å². The molecule has 0 aliphatic rings. The highest BCUT2D eigenvalue weighted by molar-refractivity contribution is 6.35. The molecule has 0 fully saturated rings. The number of ether oxygens (including phenoxy) is 1. The number of benzene rings is 2. The van der Waals surface area contributed by atoms with Crippen LogP contribution < -0.4 is 16.1 Å². The molecular weight excluding hydrogens is 330 g/mol. The predicted octanol–water partition coefficient (Wildman–Crippen LogP) is 3.47. The summed E-state index contributed by atoms with van der Waals surface area (Å²) in [6.45, 7) is 0.947.